The van der Waals surface area contributed by atoms with Gasteiger partial charge in [0, 0.05) is 12.6 Å². The fourth-order valence-corrected chi connectivity index (χ4v) is 2.72. The van der Waals surface area contributed by atoms with Crippen LogP contribution in [0.4, 0.5) is 0 Å². The van der Waals surface area contributed by atoms with Gasteiger partial charge in [0.05, 0.1) is 6.04 Å². The van der Waals surface area contributed by atoms with E-state index in [9.17, 15) is 4.79 Å². The van der Waals surface area contributed by atoms with Crippen molar-refractivity contribution in [2.24, 2.45) is 5.41 Å². The zero-order chi connectivity index (χ0) is 13.6. The van der Waals surface area contributed by atoms with Crippen molar-refractivity contribution in [3.63, 3.8) is 0 Å². The van der Waals surface area contributed by atoms with E-state index < -0.39 is 0 Å². The van der Waals surface area contributed by atoms with Crippen LogP contribution in [0.15, 0.2) is 0 Å². The van der Waals surface area contributed by atoms with E-state index in [-0.39, 0.29) is 11.9 Å². The lowest BCUT2D eigenvalue weighted by molar-refractivity contribution is -0.123. The third kappa shape index (κ3) is 4.60. The lowest BCUT2D eigenvalue weighted by Crippen LogP contribution is -2.48. The summed E-state index contributed by atoms with van der Waals surface area (Å²) in [5.41, 5.74) is 0.406. The van der Waals surface area contributed by atoms with Gasteiger partial charge in [0.15, 0.2) is 0 Å². The van der Waals surface area contributed by atoms with Gasteiger partial charge >= 0.3 is 0 Å². The van der Waals surface area contributed by atoms with Crippen LogP contribution in [0.3, 0.4) is 0 Å². The van der Waals surface area contributed by atoms with Gasteiger partial charge in [-0.15, -0.1) is 0 Å². The zero-order valence-corrected chi connectivity index (χ0v) is 12.5. The molecule has 0 heterocycles. The molecule has 1 aliphatic carbocycles. The second-order valence-electron chi connectivity index (χ2n) is 6.14. The van der Waals surface area contributed by atoms with Crippen LogP contribution in [0, 0.1) is 5.41 Å². The van der Waals surface area contributed by atoms with E-state index in [1.165, 1.54) is 25.7 Å². The highest BCUT2D eigenvalue weighted by Crippen LogP contribution is 2.36. The third-order valence-electron chi connectivity index (χ3n) is 4.37. The predicted octanol–water partition coefficient (Wildman–Crippen LogP) is 2.85. The smallest absolute Gasteiger partial charge is 0.237 e. The van der Waals surface area contributed by atoms with Crippen molar-refractivity contribution in [1.29, 1.82) is 0 Å². The molecule has 1 atom stereocenters. The molecule has 3 nitrogen and oxygen atoms in total. The lowest BCUT2D eigenvalue weighted by Gasteiger charge is -2.26. The first-order valence-electron chi connectivity index (χ1n) is 7.54. The number of hydrogen-bond acceptors (Lipinski definition) is 2. The molecule has 0 saturated heterocycles. The van der Waals surface area contributed by atoms with Crippen LogP contribution in [0.1, 0.15) is 66.2 Å². The highest BCUT2D eigenvalue weighted by molar-refractivity contribution is 5.81. The van der Waals surface area contributed by atoms with Gasteiger partial charge in [-0.1, -0.05) is 33.6 Å². The van der Waals surface area contributed by atoms with E-state index in [0.717, 1.165) is 19.4 Å². The maximum Gasteiger partial charge on any atom is 0.237 e. The Hall–Kier alpha value is -0.570. The number of amides is 1. The SMILES string of the molecule is CCC(CC)NC(=O)C(C)NCC1(C)CCCC1. The van der Waals surface area contributed by atoms with Gasteiger partial charge in [0.25, 0.3) is 0 Å². The van der Waals surface area contributed by atoms with Crippen LogP contribution in [-0.2, 0) is 4.79 Å². The van der Waals surface area contributed by atoms with Gasteiger partial charge in [-0.3, -0.25) is 4.79 Å². The highest BCUT2D eigenvalue weighted by atomic mass is 16.2. The quantitative estimate of drug-likeness (QED) is 0.733. The van der Waals surface area contributed by atoms with Crippen LogP contribution in [0.5, 0.6) is 0 Å². The van der Waals surface area contributed by atoms with Crippen molar-refractivity contribution in [1.82, 2.24) is 10.6 Å². The minimum atomic E-state index is -0.0805. The summed E-state index contributed by atoms with van der Waals surface area (Å²) in [5, 5.41) is 6.51. The molecule has 0 aliphatic heterocycles. The van der Waals surface area contributed by atoms with Crippen LogP contribution in [0.2, 0.25) is 0 Å². The van der Waals surface area contributed by atoms with Crippen LogP contribution >= 0.6 is 0 Å². The molecular formula is C15H30N2O. The molecule has 3 heteroatoms. The van der Waals surface area contributed by atoms with Gasteiger partial charge in [-0.05, 0) is 38.0 Å². The standard InChI is InChI=1S/C15H30N2O/c1-5-13(6-2)17-14(18)12(3)16-11-15(4)9-7-8-10-15/h12-13,16H,5-11H2,1-4H3,(H,17,18). The minimum absolute atomic E-state index is 0.0805. The molecule has 2 N–H and O–H groups in total. The van der Waals surface area contributed by atoms with Gasteiger partial charge < -0.3 is 10.6 Å². The van der Waals surface area contributed by atoms with Crippen LogP contribution in [0.25, 0.3) is 0 Å². The molecule has 0 bridgehead atoms. The highest BCUT2D eigenvalue weighted by Gasteiger charge is 2.29. The summed E-state index contributed by atoms with van der Waals surface area (Å²) in [4.78, 5) is 12.0. The van der Waals surface area contributed by atoms with E-state index in [0.29, 0.717) is 11.5 Å². The Labute approximate surface area is 112 Å². The molecule has 106 valence electrons. The summed E-state index contributed by atoms with van der Waals surface area (Å²) in [6, 6.07) is 0.242. The summed E-state index contributed by atoms with van der Waals surface area (Å²) >= 11 is 0. The number of carbonyl (C=O) groups excluding carboxylic acids is 1. The normalized spacial score (nSPS) is 20.1. The first-order chi connectivity index (χ1) is 8.50. The fraction of sp³-hybridized carbons (Fsp3) is 0.933. The molecule has 1 amide bonds. The van der Waals surface area contributed by atoms with Gasteiger partial charge in [-0.25, -0.2) is 0 Å². The van der Waals surface area contributed by atoms with Crippen molar-refractivity contribution in [2.45, 2.75) is 78.3 Å². The molecular weight excluding hydrogens is 224 g/mol. The molecule has 0 aromatic heterocycles. The molecule has 18 heavy (non-hydrogen) atoms. The van der Waals surface area contributed by atoms with Crippen molar-refractivity contribution >= 4 is 5.91 Å². The molecule has 1 rings (SSSR count). The third-order valence-corrected chi connectivity index (χ3v) is 4.37. The van der Waals surface area contributed by atoms with E-state index in [1.807, 2.05) is 6.92 Å². The zero-order valence-electron chi connectivity index (χ0n) is 12.5. The van der Waals surface area contributed by atoms with Gasteiger partial charge in [0.1, 0.15) is 0 Å². The number of nitrogens with one attached hydrogen (secondary N) is 2. The number of rotatable bonds is 7. The van der Waals surface area contributed by atoms with Gasteiger partial charge in [0.2, 0.25) is 5.91 Å². The molecule has 1 fully saturated rings. The summed E-state index contributed by atoms with van der Waals surface area (Å²) in [5.74, 6) is 0.144. The Balaban J connectivity index is 2.31. The molecule has 0 radical (unpaired) electrons. The topological polar surface area (TPSA) is 41.1 Å². The maximum absolute atomic E-state index is 12.0. The number of carbonyl (C=O) groups is 1. The predicted molar refractivity (Wildman–Crippen MR) is 76.6 cm³/mol. The number of hydrogen-bond donors (Lipinski definition) is 2. The Kier molecular flexibility index (Phi) is 6.13. The Bertz CT molecular complexity index is 255. The van der Waals surface area contributed by atoms with Gasteiger partial charge in [-0.2, -0.15) is 0 Å². The fourth-order valence-electron chi connectivity index (χ4n) is 2.72. The van der Waals surface area contributed by atoms with Crippen LogP contribution in [-0.4, -0.2) is 24.5 Å². The molecule has 0 spiro atoms. The summed E-state index contributed by atoms with van der Waals surface area (Å²) in [6.45, 7) is 9.50. The molecule has 1 unspecified atom stereocenters. The van der Waals surface area contributed by atoms with E-state index in [4.69, 9.17) is 0 Å². The summed E-state index contributed by atoms with van der Waals surface area (Å²) in [7, 11) is 0. The largest absolute Gasteiger partial charge is 0.352 e. The first kappa shape index (κ1) is 15.5. The Morgan fingerprint density at radius 2 is 1.78 bits per heavy atom. The second-order valence-corrected chi connectivity index (χ2v) is 6.14. The maximum atomic E-state index is 12.0. The van der Waals surface area contributed by atoms with Crippen molar-refractivity contribution in [3.05, 3.63) is 0 Å². The minimum Gasteiger partial charge on any atom is -0.352 e. The van der Waals surface area contributed by atoms with Crippen molar-refractivity contribution in [2.75, 3.05) is 6.54 Å². The van der Waals surface area contributed by atoms with Crippen molar-refractivity contribution < 1.29 is 4.79 Å². The monoisotopic (exact) mass is 254 g/mol. The van der Waals surface area contributed by atoms with E-state index in [2.05, 4.69) is 31.4 Å². The average molecular weight is 254 g/mol. The molecule has 0 aromatic rings. The van der Waals surface area contributed by atoms with Crippen molar-refractivity contribution in [3.8, 4) is 0 Å². The van der Waals surface area contributed by atoms with E-state index in [1.54, 1.807) is 0 Å². The second kappa shape index (κ2) is 7.13. The van der Waals surface area contributed by atoms with Crippen LogP contribution < -0.4 is 10.6 Å². The Morgan fingerprint density at radius 3 is 2.28 bits per heavy atom. The molecule has 0 aromatic carbocycles. The Morgan fingerprint density at radius 1 is 1.22 bits per heavy atom. The van der Waals surface area contributed by atoms with E-state index >= 15 is 0 Å². The molecule has 1 saturated carbocycles. The summed E-state index contributed by atoms with van der Waals surface area (Å²) < 4.78 is 0. The lowest BCUT2D eigenvalue weighted by atomic mass is 9.88. The summed E-state index contributed by atoms with van der Waals surface area (Å²) in [6.07, 6.45) is 7.28. The molecule has 1 aliphatic rings. The average Bonchev–Trinajstić information content (AvgIpc) is 2.80. The first-order valence-corrected chi connectivity index (χ1v) is 7.54.